The Balaban J connectivity index is 2.59. The topological polar surface area (TPSA) is 15.3 Å². The highest BCUT2D eigenvalue weighted by Gasteiger charge is 2.06. The SMILES string of the molecule is CCN(CC)CCSc1ccc(C)cc1CNC(C)C. The summed E-state index contributed by atoms with van der Waals surface area (Å²) < 4.78 is 0. The maximum absolute atomic E-state index is 3.53. The second-order valence-corrected chi connectivity index (χ2v) is 6.66. The first-order valence-corrected chi connectivity index (χ1v) is 8.73. The average Bonchev–Trinajstić information content (AvgIpc) is 2.43. The molecule has 1 aromatic carbocycles. The summed E-state index contributed by atoms with van der Waals surface area (Å²) in [5, 5.41) is 3.53. The fraction of sp³-hybridized carbons (Fsp3) is 0.647. The minimum atomic E-state index is 0.532. The number of aryl methyl sites for hydroxylation is 1. The van der Waals surface area contributed by atoms with Crippen molar-refractivity contribution in [2.45, 2.75) is 52.1 Å². The highest BCUT2D eigenvalue weighted by molar-refractivity contribution is 7.99. The molecule has 0 radical (unpaired) electrons. The van der Waals surface area contributed by atoms with Crippen LogP contribution in [-0.2, 0) is 6.54 Å². The molecule has 1 N–H and O–H groups in total. The zero-order valence-corrected chi connectivity index (χ0v) is 14.5. The van der Waals surface area contributed by atoms with Crippen molar-refractivity contribution in [2.75, 3.05) is 25.4 Å². The molecule has 0 amide bonds. The highest BCUT2D eigenvalue weighted by Crippen LogP contribution is 2.24. The van der Waals surface area contributed by atoms with E-state index in [1.807, 2.05) is 11.8 Å². The number of rotatable bonds is 9. The molecule has 1 rings (SSSR count). The van der Waals surface area contributed by atoms with Gasteiger partial charge in [0.25, 0.3) is 0 Å². The van der Waals surface area contributed by atoms with Gasteiger partial charge in [0.05, 0.1) is 0 Å². The van der Waals surface area contributed by atoms with E-state index in [9.17, 15) is 0 Å². The molecule has 0 heterocycles. The first kappa shape index (κ1) is 17.5. The third kappa shape index (κ3) is 6.29. The summed E-state index contributed by atoms with van der Waals surface area (Å²) in [4.78, 5) is 3.91. The van der Waals surface area contributed by atoms with Gasteiger partial charge in [-0.05, 0) is 31.6 Å². The number of benzene rings is 1. The van der Waals surface area contributed by atoms with Gasteiger partial charge in [0.15, 0.2) is 0 Å². The van der Waals surface area contributed by atoms with Crippen LogP contribution in [0.2, 0.25) is 0 Å². The normalized spacial score (nSPS) is 11.6. The molecule has 0 aromatic heterocycles. The van der Waals surface area contributed by atoms with Gasteiger partial charge in [-0.2, -0.15) is 0 Å². The van der Waals surface area contributed by atoms with Crippen LogP contribution >= 0.6 is 11.8 Å². The monoisotopic (exact) mass is 294 g/mol. The molecular formula is C17H30N2S. The second kappa shape index (κ2) is 9.43. The summed E-state index contributed by atoms with van der Waals surface area (Å²) in [5.74, 6) is 1.17. The molecule has 0 saturated heterocycles. The van der Waals surface area contributed by atoms with E-state index in [1.165, 1.54) is 28.3 Å². The molecule has 0 aliphatic rings. The second-order valence-electron chi connectivity index (χ2n) is 5.52. The summed E-state index contributed by atoms with van der Waals surface area (Å²) in [5.41, 5.74) is 2.78. The Kier molecular flexibility index (Phi) is 8.27. The van der Waals surface area contributed by atoms with Crippen LogP contribution in [0.3, 0.4) is 0 Å². The largest absolute Gasteiger partial charge is 0.310 e. The molecule has 0 aliphatic carbocycles. The molecular weight excluding hydrogens is 264 g/mol. The molecule has 0 saturated carbocycles. The van der Waals surface area contributed by atoms with Crippen molar-refractivity contribution in [3.63, 3.8) is 0 Å². The molecule has 0 spiro atoms. The van der Waals surface area contributed by atoms with Crippen LogP contribution < -0.4 is 5.32 Å². The molecule has 0 aliphatic heterocycles. The number of hydrogen-bond donors (Lipinski definition) is 1. The van der Waals surface area contributed by atoms with Crippen LogP contribution in [-0.4, -0.2) is 36.3 Å². The first-order chi connectivity index (χ1) is 9.56. The van der Waals surface area contributed by atoms with E-state index in [0.717, 1.165) is 19.6 Å². The molecule has 0 unspecified atom stereocenters. The van der Waals surface area contributed by atoms with Gasteiger partial charge in [0.1, 0.15) is 0 Å². The Hall–Kier alpha value is -0.510. The Bertz CT molecular complexity index is 387. The van der Waals surface area contributed by atoms with Crippen molar-refractivity contribution >= 4 is 11.8 Å². The lowest BCUT2D eigenvalue weighted by Crippen LogP contribution is -2.25. The molecule has 1 aromatic rings. The standard InChI is InChI=1S/C17H30N2S/c1-6-19(7-2)10-11-20-17-9-8-15(5)12-16(17)13-18-14(3)4/h8-9,12,14,18H,6-7,10-11,13H2,1-5H3. The molecule has 0 atom stereocenters. The van der Waals surface area contributed by atoms with Crippen LogP contribution in [0.15, 0.2) is 23.1 Å². The van der Waals surface area contributed by atoms with Crippen LogP contribution in [0.25, 0.3) is 0 Å². The quantitative estimate of drug-likeness (QED) is 0.695. The Morgan fingerprint density at radius 3 is 2.50 bits per heavy atom. The van der Waals surface area contributed by atoms with Crippen LogP contribution in [0.4, 0.5) is 0 Å². The molecule has 114 valence electrons. The van der Waals surface area contributed by atoms with E-state index in [2.05, 4.69) is 63.0 Å². The molecule has 2 nitrogen and oxygen atoms in total. The molecule has 0 bridgehead atoms. The third-order valence-corrected chi connectivity index (χ3v) is 4.57. The van der Waals surface area contributed by atoms with Crippen molar-refractivity contribution in [2.24, 2.45) is 0 Å². The minimum absolute atomic E-state index is 0.532. The van der Waals surface area contributed by atoms with Gasteiger partial charge in [-0.15, -0.1) is 11.8 Å². The van der Waals surface area contributed by atoms with Gasteiger partial charge < -0.3 is 10.2 Å². The van der Waals surface area contributed by atoms with E-state index in [0.29, 0.717) is 6.04 Å². The van der Waals surface area contributed by atoms with Crippen LogP contribution in [0, 0.1) is 6.92 Å². The predicted octanol–water partition coefficient (Wildman–Crippen LogP) is 3.93. The summed E-state index contributed by atoms with van der Waals surface area (Å²) in [7, 11) is 0. The van der Waals surface area contributed by atoms with Crippen molar-refractivity contribution in [1.29, 1.82) is 0 Å². The Labute approximate surface area is 129 Å². The number of hydrogen-bond acceptors (Lipinski definition) is 3. The lowest BCUT2D eigenvalue weighted by molar-refractivity contribution is 0.324. The Morgan fingerprint density at radius 1 is 1.20 bits per heavy atom. The summed E-state index contributed by atoms with van der Waals surface area (Å²) >= 11 is 1.98. The summed E-state index contributed by atoms with van der Waals surface area (Å²) in [6.07, 6.45) is 0. The van der Waals surface area contributed by atoms with Crippen molar-refractivity contribution in [1.82, 2.24) is 10.2 Å². The number of nitrogens with zero attached hydrogens (tertiary/aromatic N) is 1. The fourth-order valence-corrected chi connectivity index (χ4v) is 3.18. The average molecular weight is 295 g/mol. The lowest BCUT2D eigenvalue weighted by Gasteiger charge is -2.18. The smallest absolute Gasteiger partial charge is 0.0219 e. The van der Waals surface area contributed by atoms with E-state index < -0.39 is 0 Å². The zero-order chi connectivity index (χ0) is 15.0. The maximum atomic E-state index is 3.53. The van der Waals surface area contributed by atoms with Gasteiger partial charge >= 0.3 is 0 Å². The third-order valence-electron chi connectivity index (χ3n) is 3.48. The van der Waals surface area contributed by atoms with E-state index in [-0.39, 0.29) is 0 Å². The molecule has 20 heavy (non-hydrogen) atoms. The molecule has 0 fully saturated rings. The summed E-state index contributed by atoms with van der Waals surface area (Å²) in [6, 6.07) is 7.34. The van der Waals surface area contributed by atoms with Gasteiger partial charge in [0.2, 0.25) is 0 Å². The number of nitrogens with one attached hydrogen (secondary N) is 1. The van der Waals surface area contributed by atoms with Gasteiger partial charge in [-0.3, -0.25) is 0 Å². The first-order valence-electron chi connectivity index (χ1n) is 7.74. The zero-order valence-electron chi connectivity index (χ0n) is 13.7. The highest BCUT2D eigenvalue weighted by atomic mass is 32.2. The van der Waals surface area contributed by atoms with Crippen molar-refractivity contribution < 1.29 is 0 Å². The fourth-order valence-electron chi connectivity index (χ4n) is 2.13. The van der Waals surface area contributed by atoms with Gasteiger partial charge in [-0.25, -0.2) is 0 Å². The van der Waals surface area contributed by atoms with Gasteiger partial charge in [0, 0.05) is 29.8 Å². The van der Waals surface area contributed by atoms with Crippen molar-refractivity contribution in [3.05, 3.63) is 29.3 Å². The number of thioether (sulfide) groups is 1. The van der Waals surface area contributed by atoms with E-state index in [4.69, 9.17) is 0 Å². The molecule has 3 heteroatoms. The van der Waals surface area contributed by atoms with Crippen LogP contribution in [0.5, 0.6) is 0 Å². The van der Waals surface area contributed by atoms with Crippen LogP contribution in [0.1, 0.15) is 38.8 Å². The maximum Gasteiger partial charge on any atom is 0.0219 e. The predicted molar refractivity (Wildman–Crippen MR) is 91.7 cm³/mol. The van der Waals surface area contributed by atoms with E-state index >= 15 is 0 Å². The summed E-state index contributed by atoms with van der Waals surface area (Å²) in [6.45, 7) is 15.5. The van der Waals surface area contributed by atoms with Gasteiger partial charge in [-0.1, -0.05) is 45.4 Å². The minimum Gasteiger partial charge on any atom is -0.310 e. The van der Waals surface area contributed by atoms with Crippen molar-refractivity contribution in [3.8, 4) is 0 Å². The lowest BCUT2D eigenvalue weighted by atomic mass is 10.1. The Morgan fingerprint density at radius 2 is 1.90 bits per heavy atom. The van der Waals surface area contributed by atoms with E-state index in [1.54, 1.807) is 0 Å².